The molecule has 1 aromatic rings. The molecule has 3 heteroatoms. The summed E-state index contributed by atoms with van der Waals surface area (Å²) in [6.45, 7) is 5.13. The number of aliphatic hydroxyl groups excluding tert-OH is 1. The second-order valence-electron chi connectivity index (χ2n) is 2.98. The third-order valence-electron chi connectivity index (χ3n) is 1.69. The highest BCUT2D eigenvalue weighted by molar-refractivity contribution is 7.11. The molecule has 0 aliphatic rings. The third-order valence-corrected chi connectivity index (χ3v) is 2.70. The highest BCUT2D eigenvalue weighted by atomic mass is 32.1. The quantitative estimate of drug-likeness (QED) is 0.745. The number of nitrogens with one attached hydrogen (secondary N) is 1. The zero-order valence-electron chi connectivity index (χ0n) is 7.50. The van der Waals surface area contributed by atoms with E-state index in [0.29, 0.717) is 0 Å². The van der Waals surface area contributed by atoms with Gasteiger partial charge in [-0.15, -0.1) is 11.3 Å². The molecule has 2 nitrogen and oxygen atoms in total. The fourth-order valence-corrected chi connectivity index (χ4v) is 1.76. The van der Waals surface area contributed by atoms with Crippen LogP contribution in [0, 0.1) is 6.92 Å². The Balaban J connectivity index is 2.33. The monoisotopic (exact) mass is 185 g/mol. The number of aliphatic hydroxyl groups is 1. The Hall–Kier alpha value is -0.380. The van der Waals surface area contributed by atoms with E-state index in [1.807, 2.05) is 6.92 Å². The van der Waals surface area contributed by atoms with Crippen molar-refractivity contribution in [3.05, 3.63) is 21.9 Å². The van der Waals surface area contributed by atoms with Gasteiger partial charge in [-0.3, -0.25) is 0 Å². The molecule has 1 unspecified atom stereocenters. The molecule has 0 fully saturated rings. The summed E-state index contributed by atoms with van der Waals surface area (Å²) in [5.74, 6) is 0. The van der Waals surface area contributed by atoms with Gasteiger partial charge in [-0.25, -0.2) is 0 Å². The molecule has 0 bridgehead atoms. The molecule has 0 saturated heterocycles. The average molecular weight is 185 g/mol. The average Bonchev–Trinajstić information content (AvgIpc) is 2.47. The summed E-state index contributed by atoms with van der Waals surface area (Å²) in [5.41, 5.74) is 0. The van der Waals surface area contributed by atoms with Gasteiger partial charge in [0.05, 0.1) is 6.61 Å². The van der Waals surface area contributed by atoms with Crippen molar-refractivity contribution >= 4 is 11.3 Å². The zero-order chi connectivity index (χ0) is 8.97. The van der Waals surface area contributed by atoms with Crippen molar-refractivity contribution in [3.8, 4) is 0 Å². The summed E-state index contributed by atoms with van der Waals surface area (Å²) < 4.78 is 0. The van der Waals surface area contributed by atoms with Crippen LogP contribution < -0.4 is 5.32 Å². The van der Waals surface area contributed by atoms with Crippen molar-refractivity contribution < 1.29 is 5.11 Å². The van der Waals surface area contributed by atoms with Gasteiger partial charge in [-0.1, -0.05) is 0 Å². The summed E-state index contributed by atoms with van der Waals surface area (Å²) in [7, 11) is 0. The molecule has 1 rings (SSSR count). The van der Waals surface area contributed by atoms with Crippen LogP contribution >= 0.6 is 11.3 Å². The largest absolute Gasteiger partial charge is 0.395 e. The van der Waals surface area contributed by atoms with Gasteiger partial charge in [-0.05, 0) is 26.0 Å². The molecule has 2 N–H and O–H groups in total. The number of hydrogen-bond acceptors (Lipinski definition) is 3. The van der Waals surface area contributed by atoms with Crippen LogP contribution in [0.4, 0.5) is 0 Å². The number of hydrogen-bond donors (Lipinski definition) is 2. The van der Waals surface area contributed by atoms with Crippen molar-refractivity contribution in [2.45, 2.75) is 26.4 Å². The Bertz CT molecular complexity index is 234. The van der Waals surface area contributed by atoms with E-state index in [9.17, 15) is 0 Å². The molecular formula is C9H15NOS. The predicted molar refractivity (Wildman–Crippen MR) is 52.4 cm³/mol. The smallest absolute Gasteiger partial charge is 0.0582 e. The van der Waals surface area contributed by atoms with Gasteiger partial charge >= 0.3 is 0 Å². The van der Waals surface area contributed by atoms with Crippen LogP contribution in [0.2, 0.25) is 0 Å². The molecule has 1 atom stereocenters. The van der Waals surface area contributed by atoms with Crippen molar-refractivity contribution in [2.24, 2.45) is 0 Å². The maximum atomic E-state index is 8.76. The van der Waals surface area contributed by atoms with Crippen molar-refractivity contribution in [1.29, 1.82) is 0 Å². The molecule has 0 aliphatic heterocycles. The minimum atomic E-state index is 0.187. The Morgan fingerprint density at radius 3 is 2.83 bits per heavy atom. The van der Waals surface area contributed by atoms with E-state index in [1.165, 1.54) is 9.75 Å². The van der Waals surface area contributed by atoms with Crippen LogP contribution in [0.5, 0.6) is 0 Å². The number of rotatable bonds is 4. The molecule has 68 valence electrons. The van der Waals surface area contributed by atoms with Gasteiger partial charge < -0.3 is 10.4 Å². The topological polar surface area (TPSA) is 32.3 Å². The highest BCUT2D eigenvalue weighted by Gasteiger charge is 2.00. The third kappa shape index (κ3) is 2.93. The lowest BCUT2D eigenvalue weighted by molar-refractivity contribution is 0.251. The summed E-state index contributed by atoms with van der Waals surface area (Å²) >= 11 is 1.80. The van der Waals surface area contributed by atoms with Crippen molar-refractivity contribution in [1.82, 2.24) is 5.32 Å². The fraction of sp³-hybridized carbons (Fsp3) is 0.556. The SMILES string of the molecule is Cc1ccc(CNC(C)CO)s1. The van der Waals surface area contributed by atoms with Gasteiger partial charge in [0, 0.05) is 22.3 Å². The molecular weight excluding hydrogens is 170 g/mol. The number of aryl methyl sites for hydroxylation is 1. The van der Waals surface area contributed by atoms with E-state index in [2.05, 4.69) is 24.4 Å². The van der Waals surface area contributed by atoms with E-state index >= 15 is 0 Å². The highest BCUT2D eigenvalue weighted by Crippen LogP contribution is 2.14. The second kappa shape index (κ2) is 4.60. The van der Waals surface area contributed by atoms with Crippen LogP contribution in [0.15, 0.2) is 12.1 Å². The predicted octanol–water partition coefficient (Wildman–Crippen LogP) is 1.53. The number of thiophene rings is 1. The molecule has 1 aromatic heterocycles. The standard InChI is InChI=1S/C9H15NOS/c1-7(6-11)10-5-9-4-3-8(2)12-9/h3-4,7,10-11H,5-6H2,1-2H3. The lowest BCUT2D eigenvalue weighted by atomic mass is 10.3. The van der Waals surface area contributed by atoms with E-state index in [1.54, 1.807) is 11.3 Å². The molecule has 1 heterocycles. The Labute approximate surface area is 77.2 Å². The van der Waals surface area contributed by atoms with E-state index in [-0.39, 0.29) is 12.6 Å². The van der Waals surface area contributed by atoms with Gasteiger partial charge in [-0.2, -0.15) is 0 Å². The first-order chi connectivity index (χ1) is 5.72. The first-order valence-corrected chi connectivity index (χ1v) is 4.93. The maximum absolute atomic E-state index is 8.76. The molecule has 0 aromatic carbocycles. The normalized spacial score (nSPS) is 13.2. The minimum Gasteiger partial charge on any atom is -0.395 e. The van der Waals surface area contributed by atoms with Crippen LogP contribution in [0.25, 0.3) is 0 Å². The Morgan fingerprint density at radius 1 is 1.58 bits per heavy atom. The van der Waals surface area contributed by atoms with Crippen LogP contribution in [0.3, 0.4) is 0 Å². The minimum absolute atomic E-state index is 0.187. The van der Waals surface area contributed by atoms with Crippen LogP contribution in [0.1, 0.15) is 16.7 Å². The molecule has 0 amide bonds. The fourth-order valence-electron chi connectivity index (χ4n) is 0.920. The van der Waals surface area contributed by atoms with Crippen LogP contribution in [-0.2, 0) is 6.54 Å². The molecule has 0 radical (unpaired) electrons. The molecule has 0 spiro atoms. The van der Waals surface area contributed by atoms with Gasteiger partial charge in [0.2, 0.25) is 0 Å². The van der Waals surface area contributed by atoms with Gasteiger partial charge in [0.25, 0.3) is 0 Å². The second-order valence-corrected chi connectivity index (χ2v) is 4.35. The molecule has 0 aliphatic carbocycles. The molecule has 0 saturated carbocycles. The zero-order valence-corrected chi connectivity index (χ0v) is 8.32. The lowest BCUT2D eigenvalue weighted by Gasteiger charge is -2.08. The van der Waals surface area contributed by atoms with E-state index in [0.717, 1.165) is 6.54 Å². The summed E-state index contributed by atoms with van der Waals surface area (Å²) in [6, 6.07) is 4.43. The van der Waals surface area contributed by atoms with Gasteiger partial charge in [0.15, 0.2) is 0 Å². The van der Waals surface area contributed by atoms with E-state index < -0.39 is 0 Å². The summed E-state index contributed by atoms with van der Waals surface area (Å²) in [6.07, 6.45) is 0. The van der Waals surface area contributed by atoms with Crippen LogP contribution in [-0.4, -0.2) is 17.8 Å². The Kier molecular flexibility index (Phi) is 3.72. The molecule has 12 heavy (non-hydrogen) atoms. The summed E-state index contributed by atoms with van der Waals surface area (Å²) in [4.78, 5) is 2.66. The Morgan fingerprint density at radius 2 is 2.33 bits per heavy atom. The van der Waals surface area contributed by atoms with Crippen molar-refractivity contribution in [2.75, 3.05) is 6.61 Å². The maximum Gasteiger partial charge on any atom is 0.0582 e. The van der Waals surface area contributed by atoms with Gasteiger partial charge in [0.1, 0.15) is 0 Å². The van der Waals surface area contributed by atoms with Crippen molar-refractivity contribution in [3.63, 3.8) is 0 Å². The first kappa shape index (κ1) is 9.71. The first-order valence-electron chi connectivity index (χ1n) is 4.12. The lowest BCUT2D eigenvalue weighted by Crippen LogP contribution is -2.28. The summed E-state index contributed by atoms with van der Waals surface area (Å²) in [5, 5.41) is 12.0. The van der Waals surface area contributed by atoms with E-state index in [4.69, 9.17) is 5.11 Å².